The molecule has 0 N–H and O–H groups in total. The molecule has 0 bridgehead atoms. The van der Waals surface area contributed by atoms with Crippen molar-refractivity contribution in [1.29, 1.82) is 0 Å². The summed E-state index contributed by atoms with van der Waals surface area (Å²) < 4.78 is 2.71. The van der Waals surface area contributed by atoms with E-state index in [0.717, 1.165) is 0 Å². The van der Waals surface area contributed by atoms with Gasteiger partial charge in [-0.15, -0.1) is 0 Å². The highest BCUT2D eigenvalue weighted by atomic mass is 32.3. The molecule has 1 nitrogen and oxygen atoms in total. The fourth-order valence-corrected chi connectivity index (χ4v) is 19.4. The number of rotatable bonds is 5. The van der Waals surface area contributed by atoms with Gasteiger partial charge in [-0.25, -0.2) is 0 Å². The van der Waals surface area contributed by atoms with Gasteiger partial charge in [-0.3, -0.25) is 0 Å². The topological polar surface area (TPSA) is 3.24 Å². The lowest BCUT2D eigenvalue weighted by Crippen LogP contribution is -2.52. The standard InChI is InChI=1S/C15H31NP2SSi/c1-17(2,3)15(18(4,5)6)16(20(7,8)19)14-12-10-9-11-13-14/h9-13,15,19H,1-8H3/q+2. The van der Waals surface area contributed by atoms with Crippen LogP contribution in [-0.2, 0) is 0 Å². The number of anilines is 1. The molecular weight excluding hydrogens is 316 g/mol. The number of thiol groups is 1. The van der Waals surface area contributed by atoms with Crippen LogP contribution in [0.4, 0.5) is 5.69 Å². The van der Waals surface area contributed by atoms with E-state index in [9.17, 15) is 0 Å². The highest BCUT2D eigenvalue weighted by Gasteiger charge is 2.53. The lowest BCUT2D eigenvalue weighted by molar-refractivity contribution is 1.13. The maximum atomic E-state index is 5.06. The van der Waals surface area contributed by atoms with Crippen LogP contribution in [0.1, 0.15) is 0 Å². The summed E-state index contributed by atoms with van der Waals surface area (Å²) in [6.45, 7) is 19.6. The fraction of sp³-hybridized carbons (Fsp3) is 0.600. The molecule has 0 atom stereocenters. The summed E-state index contributed by atoms with van der Waals surface area (Å²) in [5, 5.41) is 0. The zero-order valence-electron chi connectivity index (χ0n) is 14.3. The molecule has 1 aromatic rings. The zero-order chi connectivity index (χ0) is 15.8. The largest absolute Gasteiger partial charge is 0.326 e. The second-order valence-electron chi connectivity index (χ2n) is 7.78. The van der Waals surface area contributed by atoms with Gasteiger partial charge in [0.2, 0.25) is 12.9 Å². The Balaban J connectivity index is 3.43. The van der Waals surface area contributed by atoms with Gasteiger partial charge in [0.1, 0.15) is 0 Å². The minimum atomic E-state index is -1.73. The van der Waals surface area contributed by atoms with Crippen molar-refractivity contribution in [2.75, 3.05) is 44.6 Å². The SMILES string of the molecule is C[Si](C)(S)N(c1ccccc1)C([P+](C)(C)C)[P+](C)(C)C. The molecule has 0 unspecified atom stereocenters. The van der Waals surface area contributed by atoms with Crippen LogP contribution in [0.3, 0.4) is 0 Å². The van der Waals surface area contributed by atoms with E-state index in [1.165, 1.54) is 5.69 Å². The molecule has 1 rings (SSSR count). The van der Waals surface area contributed by atoms with Crippen molar-refractivity contribution in [3.05, 3.63) is 30.3 Å². The maximum absolute atomic E-state index is 5.06. The molecular formula is C15H31NP2SSi+2. The fourth-order valence-electron chi connectivity index (χ4n) is 3.05. The lowest BCUT2D eigenvalue weighted by atomic mass is 10.3. The van der Waals surface area contributed by atoms with Crippen LogP contribution in [0.2, 0.25) is 13.1 Å². The van der Waals surface area contributed by atoms with Crippen molar-refractivity contribution in [3.63, 3.8) is 0 Å². The van der Waals surface area contributed by atoms with Gasteiger partial charge in [-0.05, 0) is 25.2 Å². The molecule has 1 aromatic carbocycles. The zero-order valence-corrected chi connectivity index (χ0v) is 17.9. The summed E-state index contributed by atoms with van der Waals surface area (Å²) in [6, 6.07) is 10.9. The third-order valence-electron chi connectivity index (χ3n) is 3.24. The van der Waals surface area contributed by atoms with Crippen molar-refractivity contribution < 1.29 is 0 Å². The predicted molar refractivity (Wildman–Crippen MR) is 109 cm³/mol. The van der Waals surface area contributed by atoms with E-state index in [1.807, 2.05) is 0 Å². The quantitative estimate of drug-likeness (QED) is 0.434. The van der Waals surface area contributed by atoms with Crippen LogP contribution in [0, 0.1) is 0 Å². The highest BCUT2D eigenvalue weighted by Crippen LogP contribution is 2.72. The minimum Gasteiger partial charge on any atom is -0.326 e. The van der Waals surface area contributed by atoms with Gasteiger partial charge in [0.25, 0.3) is 0 Å². The number of para-hydroxylation sites is 1. The Labute approximate surface area is 133 Å². The van der Waals surface area contributed by atoms with Gasteiger partial charge in [0.15, 0.2) is 0 Å². The Morgan fingerprint density at radius 3 is 1.60 bits per heavy atom. The summed E-state index contributed by atoms with van der Waals surface area (Å²) in [7, 11) is -3.74. The van der Waals surface area contributed by atoms with Gasteiger partial charge >= 0.3 is 0 Å². The van der Waals surface area contributed by atoms with Crippen molar-refractivity contribution in [3.8, 4) is 0 Å². The summed E-state index contributed by atoms with van der Waals surface area (Å²) in [5.41, 5.74) is 2.02. The predicted octanol–water partition coefficient (Wildman–Crippen LogP) is 5.22. The summed E-state index contributed by atoms with van der Waals surface area (Å²) in [4.78, 5) is 0. The molecule has 0 saturated carbocycles. The molecule has 5 heteroatoms. The van der Waals surface area contributed by atoms with E-state index in [-0.39, 0.29) is 0 Å². The number of hydrogen-bond donors (Lipinski definition) is 1. The minimum absolute atomic E-state index is 0.663. The van der Waals surface area contributed by atoms with Crippen LogP contribution < -0.4 is 4.57 Å². The van der Waals surface area contributed by atoms with Crippen LogP contribution in [0.15, 0.2) is 30.3 Å². The summed E-state index contributed by atoms with van der Waals surface area (Å²) in [6.07, 6.45) is 0. The first-order valence-electron chi connectivity index (χ1n) is 7.04. The van der Waals surface area contributed by atoms with E-state index < -0.39 is 21.9 Å². The third-order valence-corrected chi connectivity index (χ3v) is 13.4. The number of benzene rings is 1. The van der Waals surface area contributed by atoms with E-state index >= 15 is 0 Å². The molecule has 0 aromatic heterocycles. The average Bonchev–Trinajstić information content (AvgIpc) is 2.21. The Hall–Kier alpha value is 0.447. The summed E-state index contributed by atoms with van der Waals surface area (Å²) >= 11 is 5.06. The Bertz CT molecular complexity index is 418. The Kier molecular flexibility index (Phi) is 5.81. The van der Waals surface area contributed by atoms with Gasteiger partial charge in [-0.2, -0.15) is 12.1 Å². The van der Waals surface area contributed by atoms with Crippen molar-refractivity contribution >= 4 is 39.7 Å². The first-order valence-corrected chi connectivity index (χ1v) is 17.7. The summed E-state index contributed by atoms with van der Waals surface area (Å²) in [5.74, 6) is 0. The molecule has 0 aliphatic rings. The van der Waals surface area contributed by atoms with Gasteiger partial charge in [0.05, 0.1) is 54.5 Å². The van der Waals surface area contributed by atoms with Crippen LogP contribution in [0.25, 0.3) is 0 Å². The first kappa shape index (κ1) is 18.5. The molecule has 0 fully saturated rings. The molecule has 0 saturated heterocycles. The first-order chi connectivity index (χ1) is 8.85. The monoisotopic (exact) mass is 347 g/mol. The smallest absolute Gasteiger partial charge is 0.231 e. The molecule has 20 heavy (non-hydrogen) atoms. The highest BCUT2D eigenvalue weighted by molar-refractivity contribution is 8.15. The molecule has 114 valence electrons. The normalized spacial score (nSPS) is 13.7. The molecule has 0 heterocycles. The second-order valence-corrected chi connectivity index (χ2v) is 24.4. The molecule has 0 aliphatic heterocycles. The van der Waals surface area contributed by atoms with Gasteiger partial charge < -0.3 is 4.57 Å². The van der Waals surface area contributed by atoms with E-state index in [4.69, 9.17) is 12.1 Å². The van der Waals surface area contributed by atoms with Gasteiger partial charge in [-0.1, -0.05) is 18.2 Å². The maximum Gasteiger partial charge on any atom is 0.231 e. The van der Waals surface area contributed by atoms with Crippen molar-refractivity contribution in [1.82, 2.24) is 0 Å². The number of hydrogen-bond acceptors (Lipinski definition) is 2. The number of nitrogens with zero attached hydrogens (tertiary/aromatic N) is 1. The van der Waals surface area contributed by atoms with Crippen LogP contribution >= 0.6 is 26.6 Å². The van der Waals surface area contributed by atoms with E-state index in [2.05, 4.69) is 88.0 Å². The molecule has 0 aliphatic carbocycles. The molecule has 0 spiro atoms. The van der Waals surface area contributed by atoms with Crippen molar-refractivity contribution in [2.45, 2.75) is 18.6 Å². The van der Waals surface area contributed by atoms with E-state index in [0.29, 0.717) is 5.52 Å². The van der Waals surface area contributed by atoms with Crippen molar-refractivity contribution in [2.24, 2.45) is 0 Å². The molecule has 0 radical (unpaired) electrons. The molecule has 0 amide bonds. The average molecular weight is 348 g/mol. The van der Waals surface area contributed by atoms with Crippen LogP contribution in [0.5, 0.6) is 0 Å². The lowest BCUT2D eigenvalue weighted by Gasteiger charge is -2.45. The third kappa shape index (κ3) is 4.73. The van der Waals surface area contributed by atoms with Gasteiger partial charge in [0, 0.05) is 5.69 Å². The second kappa shape index (κ2) is 6.29. The Morgan fingerprint density at radius 2 is 1.30 bits per heavy atom. The van der Waals surface area contributed by atoms with Crippen LogP contribution in [-0.4, -0.2) is 52.9 Å². The Morgan fingerprint density at radius 1 is 0.900 bits per heavy atom. The van der Waals surface area contributed by atoms with E-state index in [1.54, 1.807) is 0 Å².